The van der Waals surface area contributed by atoms with E-state index in [9.17, 15) is 14.9 Å². The minimum Gasteiger partial charge on any atom is -0.383 e. The summed E-state index contributed by atoms with van der Waals surface area (Å²) in [5.41, 5.74) is 0.287. The molecule has 0 bridgehead atoms. The normalized spacial score (nSPS) is 15.5. The van der Waals surface area contributed by atoms with Gasteiger partial charge < -0.3 is 10.6 Å². The Labute approximate surface area is 127 Å². The maximum Gasteiger partial charge on any atom is 0.305 e. The minimum atomic E-state index is -0.516. The molecule has 1 saturated heterocycles. The zero-order valence-electron chi connectivity index (χ0n) is 11.9. The van der Waals surface area contributed by atoms with Crippen LogP contribution in [-0.2, 0) is 0 Å². The molecule has 1 fully saturated rings. The molecule has 0 atom stereocenters. The Balaban J connectivity index is 2.09. The predicted molar refractivity (Wildman–Crippen MR) is 85.0 cm³/mol. The monoisotopic (exact) mass is 309 g/mol. The first-order valence-corrected chi connectivity index (χ1v) is 8.10. The van der Waals surface area contributed by atoms with Crippen molar-refractivity contribution < 1.29 is 9.72 Å². The third-order valence-electron chi connectivity index (χ3n) is 3.62. The average Bonchev–Trinajstić information content (AvgIpc) is 2.52. The third-order valence-corrected chi connectivity index (χ3v) is 4.67. The summed E-state index contributed by atoms with van der Waals surface area (Å²) >= 11 is 1.93. The van der Waals surface area contributed by atoms with E-state index in [1.54, 1.807) is 19.2 Å². The Morgan fingerprint density at radius 2 is 2.14 bits per heavy atom. The third kappa shape index (κ3) is 3.87. The molecule has 0 radical (unpaired) electrons. The van der Waals surface area contributed by atoms with E-state index in [-0.39, 0.29) is 17.2 Å². The fourth-order valence-electron chi connectivity index (χ4n) is 2.41. The number of rotatable bonds is 5. The molecule has 1 aliphatic rings. The minimum absolute atomic E-state index is 0.108. The molecule has 114 valence electrons. The molecule has 0 saturated carbocycles. The molecule has 1 aromatic carbocycles. The maximum atomic E-state index is 12.2. The van der Waals surface area contributed by atoms with Gasteiger partial charge in [0, 0.05) is 13.6 Å². The lowest BCUT2D eigenvalue weighted by Gasteiger charge is -2.21. The number of nitro benzene ring substituents is 1. The van der Waals surface area contributed by atoms with Gasteiger partial charge in [-0.2, -0.15) is 11.8 Å². The van der Waals surface area contributed by atoms with Gasteiger partial charge >= 0.3 is 5.69 Å². The standard InChI is InChI=1S/C14H19N3O3S/c1-15-12-4-2-3-11(13(12)17(19)20)14(18)16-9-10-5-7-21-8-6-10/h2-4,10,15H,5-9H2,1H3,(H,16,18). The van der Waals surface area contributed by atoms with Crippen LogP contribution < -0.4 is 10.6 Å². The van der Waals surface area contributed by atoms with E-state index in [4.69, 9.17) is 0 Å². The van der Waals surface area contributed by atoms with Crippen LogP contribution in [0.25, 0.3) is 0 Å². The summed E-state index contributed by atoms with van der Waals surface area (Å²) < 4.78 is 0. The van der Waals surface area contributed by atoms with E-state index in [0.717, 1.165) is 24.3 Å². The van der Waals surface area contributed by atoms with Gasteiger partial charge in [0.15, 0.2) is 0 Å². The highest BCUT2D eigenvalue weighted by atomic mass is 32.2. The van der Waals surface area contributed by atoms with E-state index in [0.29, 0.717) is 18.2 Å². The molecule has 2 N–H and O–H groups in total. The van der Waals surface area contributed by atoms with Crippen molar-refractivity contribution in [2.24, 2.45) is 5.92 Å². The molecule has 1 aliphatic heterocycles. The molecular weight excluding hydrogens is 290 g/mol. The van der Waals surface area contributed by atoms with Gasteiger partial charge in [-0.25, -0.2) is 0 Å². The lowest BCUT2D eigenvalue weighted by atomic mass is 10.0. The van der Waals surface area contributed by atoms with Crippen molar-refractivity contribution in [3.8, 4) is 0 Å². The first-order chi connectivity index (χ1) is 10.1. The molecule has 0 aromatic heterocycles. The van der Waals surface area contributed by atoms with Crippen molar-refractivity contribution in [2.45, 2.75) is 12.8 Å². The summed E-state index contributed by atoms with van der Waals surface area (Å²) in [6.07, 6.45) is 2.17. The van der Waals surface area contributed by atoms with Crippen LogP contribution in [0.15, 0.2) is 18.2 Å². The summed E-state index contributed by atoms with van der Waals surface area (Å²) in [6, 6.07) is 4.73. The van der Waals surface area contributed by atoms with Crippen LogP contribution >= 0.6 is 11.8 Å². The van der Waals surface area contributed by atoms with Gasteiger partial charge in [-0.15, -0.1) is 0 Å². The second-order valence-electron chi connectivity index (χ2n) is 4.97. The molecule has 0 aliphatic carbocycles. The number of thioether (sulfide) groups is 1. The highest BCUT2D eigenvalue weighted by Crippen LogP contribution is 2.28. The smallest absolute Gasteiger partial charge is 0.305 e. The quantitative estimate of drug-likeness (QED) is 0.645. The van der Waals surface area contributed by atoms with Crippen LogP contribution in [0, 0.1) is 16.0 Å². The number of hydrogen-bond donors (Lipinski definition) is 2. The first-order valence-electron chi connectivity index (χ1n) is 6.94. The van der Waals surface area contributed by atoms with E-state index >= 15 is 0 Å². The molecule has 6 nitrogen and oxygen atoms in total. The number of para-hydroxylation sites is 1. The highest BCUT2D eigenvalue weighted by molar-refractivity contribution is 7.99. The fourth-order valence-corrected chi connectivity index (χ4v) is 3.61. The van der Waals surface area contributed by atoms with Crippen LogP contribution in [0.5, 0.6) is 0 Å². The molecule has 1 heterocycles. The average molecular weight is 309 g/mol. The first kappa shape index (κ1) is 15.6. The van der Waals surface area contributed by atoms with Gasteiger partial charge in [-0.3, -0.25) is 14.9 Å². The number of nitro groups is 1. The van der Waals surface area contributed by atoms with Crippen molar-refractivity contribution in [1.82, 2.24) is 5.32 Å². The molecular formula is C14H19N3O3S. The number of benzene rings is 1. The van der Waals surface area contributed by atoms with Crippen molar-refractivity contribution in [3.05, 3.63) is 33.9 Å². The van der Waals surface area contributed by atoms with Crippen molar-refractivity contribution >= 4 is 29.0 Å². The van der Waals surface area contributed by atoms with Crippen LogP contribution in [0.3, 0.4) is 0 Å². The van der Waals surface area contributed by atoms with Crippen LogP contribution in [0.4, 0.5) is 11.4 Å². The molecule has 1 amide bonds. The van der Waals surface area contributed by atoms with Crippen molar-refractivity contribution in [2.75, 3.05) is 30.4 Å². The Kier molecular flexibility index (Phi) is 5.44. The Hall–Kier alpha value is -1.76. The Morgan fingerprint density at radius 1 is 1.43 bits per heavy atom. The summed E-state index contributed by atoms with van der Waals surface area (Å²) in [6.45, 7) is 0.584. The van der Waals surface area contributed by atoms with Crippen LogP contribution in [-0.4, -0.2) is 35.9 Å². The lowest BCUT2D eigenvalue weighted by molar-refractivity contribution is -0.384. The number of anilines is 1. The number of amides is 1. The SMILES string of the molecule is CNc1cccc(C(=O)NCC2CCSCC2)c1[N+](=O)[O-]. The fraction of sp³-hybridized carbons (Fsp3) is 0.500. The summed E-state index contributed by atoms with van der Waals surface area (Å²) in [7, 11) is 1.60. The Bertz CT molecular complexity index is 530. The van der Waals surface area contributed by atoms with Gasteiger partial charge in [0.25, 0.3) is 5.91 Å². The highest BCUT2D eigenvalue weighted by Gasteiger charge is 2.24. The van der Waals surface area contributed by atoms with E-state index in [1.807, 2.05) is 11.8 Å². The van der Waals surface area contributed by atoms with E-state index in [2.05, 4.69) is 10.6 Å². The maximum absolute atomic E-state index is 12.2. The molecule has 0 spiro atoms. The number of carbonyl (C=O) groups is 1. The molecule has 21 heavy (non-hydrogen) atoms. The summed E-state index contributed by atoms with van der Waals surface area (Å²) in [4.78, 5) is 22.9. The zero-order valence-corrected chi connectivity index (χ0v) is 12.7. The van der Waals surface area contributed by atoms with E-state index < -0.39 is 4.92 Å². The number of carbonyl (C=O) groups excluding carboxylic acids is 1. The molecule has 1 aromatic rings. The van der Waals surface area contributed by atoms with Gasteiger partial charge in [0.05, 0.1) is 4.92 Å². The van der Waals surface area contributed by atoms with Crippen molar-refractivity contribution in [1.29, 1.82) is 0 Å². The van der Waals surface area contributed by atoms with Gasteiger partial charge in [0.1, 0.15) is 11.3 Å². The summed E-state index contributed by atoms with van der Waals surface area (Å²) in [5.74, 6) is 2.34. The van der Waals surface area contributed by atoms with E-state index in [1.165, 1.54) is 6.07 Å². The van der Waals surface area contributed by atoms with Crippen LogP contribution in [0.2, 0.25) is 0 Å². The largest absolute Gasteiger partial charge is 0.383 e. The van der Waals surface area contributed by atoms with Crippen molar-refractivity contribution in [3.63, 3.8) is 0 Å². The van der Waals surface area contributed by atoms with Gasteiger partial charge in [-0.1, -0.05) is 6.07 Å². The van der Waals surface area contributed by atoms with Gasteiger partial charge in [0.2, 0.25) is 0 Å². The summed E-state index contributed by atoms with van der Waals surface area (Å²) in [5, 5.41) is 16.8. The molecule has 7 heteroatoms. The second-order valence-corrected chi connectivity index (χ2v) is 6.20. The number of nitrogens with one attached hydrogen (secondary N) is 2. The predicted octanol–water partition coefficient (Wildman–Crippen LogP) is 2.51. The number of hydrogen-bond acceptors (Lipinski definition) is 5. The molecule has 2 rings (SSSR count). The van der Waals surface area contributed by atoms with Crippen LogP contribution in [0.1, 0.15) is 23.2 Å². The number of nitrogens with zero attached hydrogens (tertiary/aromatic N) is 1. The molecule has 0 unspecified atom stereocenters. The lowest BCUT2D eigenvalue weighted by Crippen LogP contribution is -2.31. The van der Waals surface area contributed by atoms with Gasteiger partial charge in [-0.05, 0) is 42.4 Å². The Morgan fingerprint density at radius 3 is 2.76 bits per heavy atom. The zero-order chi connectivity index (χ0) is 15.2. The second kappa shape index (κ2) is 7.31. The topological polar surface area (TPSA) is 84.3 Å².